The number of rotatable bonds is 5. The normalized spacial score (nSPS) is 17.9. The summed E-state index contributed by atoms with van der Waals surface area (Å²) < 4.78 is 0. The van der Waals surface area contributed by atoms with E-state index in [1.165, 1.54) is 31.2 Å². The van der Waals surface area contributed by atoms with Gasteiger partial charge in [-0.25, -0.2) is 0 Å². The molecule has 1 nitrogen and oxygen atoms in total. The maximum Gasteiger partial charge on any atom is 0.0406 e. The highest BCUT2D eigenvalue weighted by Crippen LogP contribution is 2.48. The van der Waals surface area contributed by atoms with Gasteiger partial charge in [0.1, 0.15) is 0 Å². The molecule has 2 heteroatoms. The summed E-state index contributed by atoms with van der Waals surface area (Å²) in [5, 5.41) is 4.39. The van der Waals surface area contributed by atoms with Crippen LogP contribution in [0.15, 0.2) is 24.3 Å². The zero-order chi connectivity index (χ0) is 15.2. The molecule has 1 N–H and O–H groups in total. The summed E-state index contributed by atoms with van der Waals surface area (Å²) in [6.45, 7) is 8.61. The summed E-state index contributed by atoms with van der Waals surface area (Å²) in [4.78, 5) is 0. The average Bonchev–Trinajstić information content (AvgIpc) is 2.40. The summed E-state index contributed by atoms with van der Waals surface area (Å²) in [7, 11) is 2.10. The van der Waals surface area contributed by atoms with E-state index in [4.69, 9.17) is 11.6 Å². The van der Waals surface area contributed by atoms with Crippen molar-refractivity contribution in [1.29, 1.82) is 0 Å². The van der Waals surface area contributed by atoms with Gasteiger partial charge in [0.15, 0.2) is 0 Å². The smallest absolute Gasteiger partial charge is 0.0406 e. The molecule has 1 unspecified atom stereocenters. The van der Waals surface area contributed by atoms with Crippen LogP contribution in [0, 0.1) is 5.92 Å². The van der Waals surface area contributed by atoms with Crippen LogP contribution in [0.1, 0.15) is 58.9 Å². The summed E-state index contributed by atoms with van der Waals surface area (Å²) in [6, 6.07) is 9.06. The van der Waals surface area contributed by atoms with Crippen LogP contribution in [-0.4, -0.2) is 13.1 Å². The summed E-state index contributed by atoms with van der Waals surface area (Å²) >= 11 is 6.01. The Bertz CT molecular complexity index is 379. The van der Waals surface area contributed by atoms with Crippen molar-refractivity contribution < 1.29 is 0 Å². The number of hydrogen-bond donors (Lipinski definition) is 1. The minimum Gasteiger partial charge on any atom is -0.316 e. The van der Waals surface area contributed by atoms with E-state index < -0.39 is 0 Å². The van der Waals surface area contributed by atoms with Gasteiger partial charge in [0.05, 0.1) is 0 Å². The van der Waals surface area contributed by atoms with Crippen LogP contribution in [0.3, 0.4) is 0 Å². The van der Waals surface area contributed by atoms with Crippen LogP contribution >= 0.6 is 11.6 Å². The molecule has 114 valence electrons. The fourth-order valence-corrected chi connectivity index (χ4v) is 3.39. The first kappa shape index (κ1) is 17.5. The highest BCUT2D eigenvalue weighted by Gasteiger charge is 2.44. The zero-order valence-corrected chi connectivity index (χ0v) is 14.4. The van der Waals surface area contributed by atoms with Crippen LogP contribution in [0.4, 0.5) is 0 Å². The summed E-state index contributed by atoms with van der Waals surface area (Å²) in [6.07, 6.45) is 5.18. The Morgan fingerprint density at radius 3 is 2.05 bits per heavy atom. The van der Waals surface area contributed by atoms with Crippen molar-refractivity contribution in [2.75, 3.05) is 7.05 Å². The topological polar surface area (TPSA) is 12.0 Å². The highest BCUT2D eigenvalue weighted by molar-refractivity contribution is 6.30. The molecule has 1 fully saturated rings. The highest BCUT2D eigenvalue weighted by atomic mass is 35.5. The standard InChI is InChI=1S/C16H24ClN.C2H6/c1-12(2)11-15(18-3)16(9-4-10-16)13-5-7-14(17)8-6-13;1-2/h5-8,12,15,18H,4,9-11H2,1-3H3;1-2H3. The average molecular weight is 296 g/mol. The van der Waals surface area contributed by atoms with Gasteiger partial charge in [0.25, 0.3) is 0 Å². The first-order chi connectivity index (χ1) is 9.58. The second-order valence-electron chi connectivity index (χ2n) is 5.99. The largest absolute Gasteiger partial charge is 0.316 e. The van der Waals surface area contributed by atoms with Gasteiger partial charge in [-0.05, 0) is 49.9 Å². The molecule has 1 aromatic carbocycles. The Hall–Kier alpha value is -0.530. The van der Waals surface area contributed by atoms with E-state index in [0.717, 1.165) is 10.9 Å². The van der Waals surface area contributed by atoms with Gasteiger partial charge in [0, 0.05) is 16.5 Å². The van der Waals surface area contributed by atoms with Gasteiger partial charge in [-0.15, -0.1) is 0 Å². The van der Waals surface area contributed by atoms with E-state index in [9.17, 15) is 0 Å². The molecule has 0 radical (unpaired) electrons. The monoisotopic (exact) mass is 295 g/mol. The van der Waals surface area contributed by atoms with Gasteiger partial charge in [-0.1, -0.05) is 57.8 Å². The molecular formula is C18H30ClN. The molecule has 1 aromatic rings. The summed E-state index contributed by atoms with van der Waals surface area (Å²) in [5.74, 6) is 0.729. The molecule has 0 aromatic heterocycles. The van der Waals surface area contributed by atoms with Crippen molar-refractivity contribution in [3.8, 4) is 0 Å². The molecule has 1 atom stereocenters. The third kappa shape index (κ3) is 3.77. The lowest BCUT2D eigenvalue weighted by Crippen LogP contribution is -2.52. The van der Waals surface area contributed by atoms with Crippen LogP contribution in [0.2, 0.25) is 5.02 Å². The molecule has 0 aliphatic heterocycles. The van der Waals surface area contributed by atoms with Gasteiger partial charge in [0.2, 0.25) is 0 Å². The molecule has 20 heavy (non-hydrogen) atoms. The Morgan fingerprint density at radius 1 is 1.15 bits per heavy atom. The Morgan fingerprint density at radius 2 is 1.70 bits per heavy atom. The third-order valence-electron chi connectivity index (χ3n) is 4.39. The fourth-order valence-electron chi connectivity index (χ4n) is 3.27. The first-order valence-electron chi connectivity index (χ1n) is 8.02. The van der Waals surface area contributed by atoms with Crippen LogP contribution < -0.4 is 5.32 Å². The number of benzene rings is 1. The molecule has 1 aliphatic carbocycles. The van der Waals surface area contributed by atoms with Crippen LogP contribution in [-0.2, 0) is 5.41 Å². The molecule has 1 saturated carbocycles. The molecule has 0 amide bonds. The van der Waals surface area contributed by atoms with E-state index in [1.807, 2.05) is 26.0 Å². The van der Waals surface area contributed by atoms with Crippen molar-refractivity contribution in [3.05, 3.63) is 34.9 Å². The number of hydrogen-bond acceptors (Lipinski definition) is 1. The quantitative estimate of drug-likeness (QED) is 0.764. The van der Waals surface area contributed by atoms with E-state index >= 15 is 0 Å². The first-order valence-corrected chi connectivity index (χ1v) is 8.39. The van der Waals surface area contributed by atoms with Crippen molar-refractivity contribution in [2.24, 2.45) is 5.92 Å². The molecule has 0 spiro atoms. The van der Waals surface area contributed by atoms with Crippen molar-refractivity contribution in [1.82, 2.24) is 5.32 Å². The van der Waals surface area contributed by atoms with Crippen molar-refractivity contribution in [2.45, 2.75) is 64.8 Å². The Kier molecular flexibility index (Phi) is 7.05. The van der Waals surface area contributed by atoms with E-state index in [2.05, 4.69) is 38.3 Å². The fraction of sp³-hybridized carbons (Fsp3) is 0.667. The molecule has 0 saturated heterocycles. The third-order valence-corrected chi connectivity index (χ3v) is 4.64. The number of nitrogens with one attached hydrogen (secondary N) is 1. The zero-order valence-electron chi connectivity index (χ0n) is 13.7. The lowest BCUT2D eigenvalue weighted by atomic mass is 9.59. The van der Waals surface area contributed by atoms with Gasteiger partial charge in [-0.2, -0.15) is 0 Å². The van der Waals surface area contributed by atoms with E-state index in [1.54, 1.807) is 0 Å². The van der Waals surface area contributed by atoms with E-state index in [-0.39, 0.29) is 0 Å². The van der Waals surface area contributed by atoms with Crippen LogP contribution in [0.25, 0.3) is 0 Å². The molecule has 0 bridgehead atoms. The molecule has 2 rings (SSSR count). The maximum absolute atomic E-state index is 6.01. The Labute approximate surface area is 130 Å². The van der Waals surface area contributed by atoms with E-state index in [0.29, 0.717) is 11.5 Å². The van der Waals surface area contributed by atoms with Crippen LogP contribution in [0.5, 0.6) is 0 Å². The predicted molar refractivity (Wildman–Crippen MR) is 90.6 cm³/mol. The van der Waals surface area contributed by atoms with Gasteiger partial charge < -0.3 is 5.32 Å². The SMILES string of the molecule is CC.CNC(CC(C)C)C1(c2ccc(Cl)cc2)CCC1. The van der Waals surface area contributed by atoms with Crippen molar-refractivity contribution >= 4 is 11.6 Å². The second kappa shape index (κ2) is 8.05. The lowest BCUT2D eigenvalue weighted by Gasteiger charge is -2.49. The minimum atomic E-state index is 0.337. The lowest BCUT2D eigenvalue weighted by molar-refractivity contribution is 0.157. The number of likely N-dealkylation sites (N-methyl/N-ethyl adjacent to an activating group) is 1. The molecule has 1 aliphatic rings. The number of halogens is 1. The van der Waals surface area contributed by atoms with Crippen molar-refractivity contribution in [3.63, 3.8) is 0 Å². The Balaban J connectivity index is 0.000000956. The molecular weight excluding hydrogens is 266 g/mol. The minimum absolute atomic E-state index is 0.337. The summed E-state index contributed by atoms with van der Waals surface area (Å²) in [5.41, 5.74) is 1.79. The van der Waals surface area contributed by atoms with Gasteiger partial charge >= 0.3 is 0 Å². The van der Waals surface area contributed by atoms with Gasteiger partial charge in [-0.3, -0.25) is 0 Å². The molecule has 0 heterocycles. The predicted octanol–water partition coefficient (Wildman–Crippen LogP) is 5.42. The second-order valence-corrected chi connectivity index (χ2v) is 6.42. The maximum atomic E-state index is 6.01.